The van der Waals surface area contributed by atoms with Crippen molar-refractivity contribution in [3.05, 3.63) is 78.1 Å². The number of rotatable bonds is 10. The van der Waals surface area contributed by atoms with Crippen molar-refractivity contribution in [1.29, 1.82) is 0 Å². The van der Waals surface area contributed by atoms with Gasteiger partial charge < -0.3 is 34.9 Å². The number of methoxy groups -OCH3 is 2. The highest BCUT2D eigenvalue weighted by Crippen LogP contribution is 2.37. The SMILES string of the molecule is COC(=O)N[C@H](C(=O)N1CCCC1c1nc2ccc(-c3ccc4cc(-c5ccc6c(c5)CC([C@@H]5CCCN5C(=O)[C@@H](NC(=O)OC)C(C)C)=N6)ccc4n3)cc2[nH]1)C(C)C. The Balaban J connectivity index is 0.965. The quantitative estimate of drug-likeness (QED) is 0.130. The Kier molecular flexibility index (Phi) is 11.3. The smallest absolute Gasteiger partial charge is 0.407 e. The summed E-state index contributed by atoms with van der Waals surface area (Å²) in [6.07, 6.45) is 2.76. The summed E-state index contributed by atoms with van der Waals surface area (Å²) in [4.78, 5) is 73.5. The zero-order chi connectivity index (χ0) is 42.2. The summed E-state index contributed by atoms with van der Waals surface area (Å²) in [5.41, 5.74) is 9.52. The maximum absolute atomic E-state index is 13.7. The third kappa shape index (κ3) is 7.90. The van der Waals surface area contributed by atoms with E-state index in [0.717, 1.165) is 92.8 Å². The molecule has 0 saturated carbocycles. The maximum Gasteiger partial charge on any atom is 0.407 e. The van der Waals surface area contributed by atoms with E-state index in [9.17, 15) is 19.2 Å². The average Bonchev–Trinajstić information content (AvgIpc) is 4.08. The van der Waals surface area contributed by atoms with E-state index in [4.69, 9.17) is 24.4 Å². The second-order valence-corrected chi connectivity index (χ2v) is 16.7. The largest absolute Gasteiger partial charge is 0.453 e. The van der Waals surface area contributed by atoms with Crippen molar-refractivity contribution in [2.75, 3.05) is 27.3 Å². The third-order valence-corrected chi connectivity index (χ3v) is 12.1. The van der Waals surface area contributed by atoms with Gasteiger partial charge in [-0.2, -0.15) is 0 Å². The van der Waals surface area contributed by atoms with Crippen molar-refractivity contribution in [3.8, 4) is 22.4 Å². The molecule has 60 heavy (non-hydrogen) atoms. The van der Waals surface area contributed by atoms with Crippen LogP contribution < -0.4 is 10.6 Å². The van der Waals surface area contributed by atoms with Crippen molar-refractivity contribution in [2.24, 2.45) is 16.8 Å². The number of imidazole rings is 1. The zero-order valence-corrected chi connectivity index (χ0v) is 35.0. The second kappa shape index (κ2) is 16.7. The van der Waals surface area contributed by atoms with Gasteiger partial charge in [0, 0.05) is 36.2 Å². The summed E-state index contributed by atoms with van der Waals surface area (Å²) in [5.74, 6) is 0.275. The minimum Gasteiger partial charge on any atom is -0.453 e. The van der Waals surface area contributed by atoms with Crippen LogP contribution in [-0.4, -0.2) is 99.9 Å². The van der Waals surface area contributed by atoms with Crippen molar-refractivity contribution < 1.29 is 28.7 Å². The lowest BCUT2D eigenvalue weighted by molar-refractivity contribution is -0.135. The van der Waals surface area contributed by atoms with Crippen LogP contribution in [0, 0.1) is 11.8 Å². The summed E-state index contributed by atoms with van der Waals surface area (Å²) in [6.45, 7) is 8.86. The molecule has 4 atom stereocenters. The molecule has 312 valence electrons. The van der Waals surface area contributed by atoms with Crippen LogP contribution in [0.15, 0.2) is 71.7 Å². The number of hydrogen-bond acceptors (Lipinski definition) is 9. The molecule has 5 aromatic rings. The molecule has 4 amide bonds. The van der Waals surface area contributed by atoms with Crippen LogP contribution in [0.4, 0.5) is 15.3 Å². The lowest BCUT2D eigenvalue weighted by Crippen LogP contribution is -2.53. The average molecular weight is 813 g/mol. The molecule has 2 saturated heterocycles. The lowest BCUT2D eigenvalue weighted by atomic mass is 9.97. The number of nitrogens with one attached hydrogen (secondary N) is 3. The van der Waals surface area contributed by atoms with Crippen molar-refractivity contribution in [1.82, 2.24) is 35.4 Å². The predicted molar refractivity (Wildman–Crippen MR) is 230 cm³/mol. The number of ether oxygens (including phenoxy) is 2. The molecular formula is C46H52N8O6. The molecule has 2 fully saturated rings. The summed E-state index contributed by atoms with van der Waals surface area (Å²) in [7, 11) is 2.59. The van der Waals surface area contributed by atoms with Crippen molar-refractivity contribution in [3.63, 3.8) is 0 Å². The molecule has 0 spiro atoms. The van der Waals surface area contributed by atoms with Crippen LogP contribution >= 0.6 is 0 Å². The number of aromatic amines is 1. The highest BCUT2D eigenvalue weighted by molar-refractivity contribution is 6.01. The number of alkyl carbamates (subject to hydrolysis) is 2. The number of H-pyrrole nitrogens is 1. The molecule has 2 aromatic heterocycles. The van der Waals surface area contributed by atoms with Crippen LogP contribution in [0.25, 0.3) is 44.3 Å². The van der Waals surface area contributed by atoms with Gasteiger partial charge in [0.2, 0.25) is 11.8 Å². The van der Waals surface area contributed by atoms with Gasteiger partial charge >= 0.3 is 12.2 Å². The Hall–Kier alpha value is -6.31. The topological polar surface area (TPSA) is 171 Å². The number of pyridine rings is 1. The van der Waals surface area contributed by atoms with E-state index < -0.39 is 24.3 Å². The number of benzene rings is 3. The monoisotopic (exact) mass is 812 g/mol. The van der Waals surface area contributed by atoms with Crippen LogP contribution in [0.5, 0.6) is 0 Å². The molecule has 14 nitrogen and oxygen atoms in total. The van der Waals surface area contributed by atoms with Crippen molar-refractivity contribution >= 4 is 57.3 Å². The fourth-order valence-electron chi connectivity index (χ4n) is 8.86. The summed E-state index contributed by atoms with van der Waals surface area (Å²) < 4.78 is 9.57. The molecular weight excluding hydrogens is 761 g/mol. The van der Waals surface area contributed by atoms with E-state index in [1.54, 1.807) is 0 Å². The molecule has 3 aliphatic rings. The number of carbonyl (C=O) groups excluding carboxylic acids is 4. The van der Waals surface area contributed by atoms with E-state index in [1.165, 1.54) is 14.2 Å². The number of amides is 4. The molecule has 3 N–H and O–H groups in total. The Bertz CT molecular complexity index is 2510. The Morgan fingerprint density at radius 3 is 1.97 bits per heavy atom. The van der Waals surface area contributed by atoms with Crippen LogP contribution in [0.1, 0.15) is 70.8 Å². The normalized spacial score (nSPS) is 18.5. The van der Waals surface area contributed by atoms with Gasteiger partial charge in [-0.25, -0.2) is 19.6 Å². The molecule has 0 bridgehead atoms. The number of likely N-dealkylation sites (tertiary alicyclic amines) is 2. The van der Waals surface area contributed by atoms with E-state index in [0.29, 0.717) is 19.5 Å². The fourth-order valence-corrected chi connectivity index (χ4v) is 8.86. The van der Waals surface area contributed by atoms with E-state index in [2.05, 4.69) is 64.1 Å². The highest BCUT2D eigenvalue weighted by Gasteiger charge is 2.40. The Morgan fingerprint density at radius 2 is 1.30 bits per heavy atom. The van der Waals surface area contributed by atoms with Crippen LogP contribution in [0.2, 0.25) is 0 Å². The summed E-state index contributed by atoms with van der Waals surface area (Å²) >= 11 is 0. The van der Waals surface area contributed by atoms with Crippen molar-refractivity contribution in [2.45, 2.75) is 84.0 Å². The van der Waals surface area contributed by atoms with E-state index in [-0.39, 0.29) is 35.7 Å². The minimum absolute atomic E-state index is 0.0923. The highest BCUT2D eigenvalue weighted by atomic mass is 16.5. The number of nitrogens with zero attached hydrogens (tertiary/aromatic N) is 5. The summed E-state index contributed by atoms with van der Waals surface area (Å²) in [6, 6.07) is 21.1. The number of aliphatic imine (C=N–C) groups is 1. The minimum atomic E-state index is -0.697. The Labute approximate surface area is 349 Å². The molecule has 0 radical (unpaired) electrons. The number of carbonyl (C=O) groups is 4. The van der Waals surface area contributed by atoms with Gasteiger partial charge in [0.25, 0.3) is 0 Å². The third-order valence-electron chi connectivity index (χ3n) is 12.1. The second-order valence-electron chi connectivity index (χ2n) is 16.7. The first-order valence-electron chi connectivity index (χ1n) is 20.8. The zero-order valence-electron chi connectivity index (χ0n) is 35.0. The maximum atomic E-state index is 13.7. The van der Waals surface area contributed by atoms with E-state index >= 15 is 0 Å². The number of aromatic nitrogens is 3. The summed E-state index contributed by atoms with van der Waals surface area (Å²) in [5, 5.41) is 6.46. The van der Waals surface area contributed by atoms with Crippen LogP contribution in [-0.2, 0) is 25.5 Å². The van der Waals surface area contributed by atoms with Gasteiger partial charge in [0.15, 0.2) is 0 Å². The fraction of sp³-hybridized carbons (Fsp3) is 0.413. The standard InChI is InChI=1S/C46H52N8O6/c1-25(2)40(51-45(57)59-5)43(55)53-19-7-9-38(53)37-24-31-22-28(12-16-34(31)48-37)27-11-15-32-29(21-27)13-17-33(47-32)30-14-18-35-36(23-30)50-42(49-35)39-10-8-20-54(39)44(56)41(26(3)4)52-46(58)60-6/h11-18,21-23,25-26,38-41H,7-10,19-20,24H2,1-6H3,(H,49,50)(H,51,57)(H,52,58)/t38-,39?,40-,41-/m0/s1. The number of fused-ring (bicyclic) bond motifs is 3. The van der Waals surface area contributed by atoms with Gasteiger partial charge in [0.05, 0.1) is 54.2 Å². The van der Waals surface area contributed by atoms with Gasteiger partial charge in [-0.1, -0.05) is 52.0 Å². The van der Waals surface area contributed by atoms with Gasteiger partial charge in [-0.15, -0.1) is 0 Å². The van der Waals surface area contributed by atoms with Crippen LogP contribution in [0.3, 0.4) is 0 Å². The lowest BCUT2D eigenvalue weighted by Gasteiger charge is -2.30. The number of hydrogen-bond donors (Lipinski definition) is 3. The molecule has 5 heterocycles. The first-order chi connectivity index (χ1) is 28.9. The van der Waals surface area contributed by atoms with Gasteiger partial charge in [-0.05, 0) is 96.7 Å². The first-order valence-corrected chi connectivity index (χ1v) is 20.8. The molecule has 3 aromatic carbocycles. The molecule has 3 aliphatic heterocycles. The van der Waals surface area contributed by atoms with Gasteiger partial charge in [0.1, 0.15) is 17.9 Å². The molecule has 0 aliphatic carbocycles. The van der Waals surface area contributed by atoms with Gasteiger partial charge in [-0.3, -0.25) is 14.6 Å². The molecule has 8 rings (SSSR count). The first kappa shape index (κ1) is 40.5. The Morgan fingerprint density at radius 1 is 0.700 bits per heavy atom. The predicted octanol–water partition coefficient (Wildman–Crippen LogP) is 7.49. The van der Waals surface area contributed by atoms with E-state index in [1.807, 2.05) is 55.7 Å². The molecule has 14 heteroatoms. The molecule has 1 unspecified atom stereocenters.